The molecule has 0 atom stereocenters. The predicted octanol–water partition coefficient (Wildman–Crippen LogP) is 2.12. The van der Waals surface area contributed by atoms with Crippen molar-refractivity contribution in [2.45, 2.75) is 6.92 Å². The van der Waals surface area contributed by atoms with E-state index in [0.717, 1.165) is 0 Å². The number of nitrogens with one attached hydrogen (secondary N) is 1. The molecule has 4 nitrogen and oxygen atoms in total. The Labute approximate surface area is 92.3 Å². The molecule has 1 heterocycles. The quantitative estimate of drug-likeness (QED) is 0.816. The van der Waals surface area contributed by atoms with Gasteiger partial charge in [-0.2, -0.15) is 0 Å². The van der Waals surface area contributed by atoms with Crippen LogP contribution in [0, 0.1) is 12.7 Å². The average Bonchev–Trinajstić information content (AvgIpc) is 2.58. The Kier molecular flexibility index (Phi) is 2.52. The van der Waals surface area contributed by atoms with Crippen molar-refractivity contribution in [1.82, 2.24) is 9.97 Å². The molecule has 0 aliphatic carbocycles. The monoisotopic (exact) mass is 221 g/mol. The minimum absolute atomic E-state index is 0.207. The van der Waals surface area contributed by atoms with Crippen LogP contribution in [0.3, 0.4) is 0 Å². The second-order valence-corrected chi connectivity index (χ2v) is 3.43. The number of nitrogen functional groups attached to an aromatic ring is 1. The number of benzene rings is 1. The highest BCUT2D eigenvalue weighted by molar-refractivity contribution is 5.70. The van der Waals surface area contributed by atoms with Crippen LogP contribution in [0.4, 0.5) is 10.2 Å². The van der Waals surface area contributed by atoms with E-state index < -0.39 is 5.82 Å². The van der Waals surface area contributed by atoms with Crippen LogP contribution in [0.5, 0.6) is 5.75 Å². The standard InChI is InChI=1S/C11H12FN3O/c1-6-14-10(11(13)15-6)7-3-4-9(16-2)8(12)5-7/h3-5H,13H2,1-2H3,(H,14,15). The van der Waals surface area contributed by atoms with Crippen molar-refractivity contribution >= 4 is 5.82 Å². The fourth-order valence-corrected chi connectivity index (χ4v) is 1.55. The second kappa shape index (κ2) is 3.84. The van der Waals surface area contributed by atoms with Crippen molar-refractivity contribution in [2.75, 3.05) is 12.8 Å². The molecule has 1 aromatic carbocycles. The zero-order valence-electron chi connectivity index (χ0n) is 9.04. The molecular weight excluding hydrogens is 209 g/mol. The first kappa shape index (κ1) is 10.5. The molecule has 16 heavy (non-hydrogen) atoms. The second-order valence-electron chi connectivity index (χ2n) is 3.43. The van der Waals surface area contributed by atoms with Crippen molar-refractivity contribution in [3.63, 3.8) is 0 Å². The number of nitrogens with two attached hydrogens (primary N) is 1. The zero-order chi connectivity index (χ0) is 11.7. The number of halogens is 1. The highest BCUT2D eigenvalue weighted by Gasteiger charge is 2.10. The molecule has 0 saturated heterocycles. The third-order valence-corrected chi connectivity index (χ3v) is 2.29. The molecule has 0 fully saturated rings. The lowest BCUT2D eigenvalue weighted by molar-refractivity contribution is 0.386. The molecule has 84 valence electrons. The van der Waals surface area contributed by atoms with Crippen molar-refractivity contribution in [1.29, 1.82) is 0 Å². The van der Waals surface area contributed by atoms with Gasteiger partial charge >= 0.3 is 0 Å². The van der Waals surface area contributed by atoms with E-state index in [1.807, 2.05) is 0 Å². The number of aromatic nitrogens is 2. The number of ether oxygens (including phenoxy) is 1. The molecule has 0 spiro atoms. The number of methoxy groups -OCH3 is 1. The van der Waals surface area contributed by atoms with Gasteiger partial charge in [0, 0.05) is 5.56 Å². The lowest BCUT2D eigenvalue weighted by atomic mass is 10.1. The van der Waals surface area contributed by atoms with Crippen molar-refractivity contribution in [3.05, 3.63) is 29.8 Å². The maximum Gasteiger partial charge on any atom is 0.165 e. The number of anilines is 1. The highest BCUT2D eigenvalue weighted by atomic mass is 19.1. The molecule has 1 aromatic heterocycles. The van der Waals surface area contributed by atoms with E-state index in [2.05, 4.69) is 9.97 Å². The van der Waals surface area contributed by atoms with Crippen LogP contribution in [-0.2, 0) is 0 Å². The number of aryl methyl sites for hydroxylation is 1. The Balaban J connectivity index is 2.49. The fourth-order valence-electron chi connectivity index (χ4n) is 1.55. The molecule has 5 heteroatoms. The van der Waals surface area contributed by atoms with Gasteiger partial charge in [-0.25, -0.2) is 9.37 Å². The normalized spacial score (nSPS) is 10.4. The van der Waals surface area contributed by atoms with Gasteiger partial charge in [0.1, 0.15) is 11.6 Å². The van der Waals surface area contributed by atoms with Gasteiger partial charge in [0.15, 0.2) is 11.6 Å². The number of hydrogen-bond acceptors (Lipinski definition) is 3. The minimum atomic E-state index is -0.424. The SMILES string of the molecule is COc1ccc(-c2[nH]c(C)nc2N)cc1F. The van der Waals surface area contributed by atoms with E-state index in [1.165, 1.54) is 13.2 Å². The fraction of sp³-hybridized carbons (Fsp3) is 0.182. The van der Waals surface area contributed by atoms with Crippen LogP contribution in [0.25, 0.3) is 11.3 Å². The first-order chi connectivity index (χ1) is 7.61. The highest BCUT2D eigenvalue weighted by Crippen LogP contribution is 2.27. The third-order valence-electron chi connectivity index (χ3n) is 2.29. The van der Waals surface area contributed by atoms with E-state index in [1.54, 1.807) is 19.1 Å². The number of H-pyrrole nitrogens is 1. The van der Waals surface area contributed by atoms with Gasteiger partial charge < -0.3 is 15.5 Å². The summed E-state index contributed by atoms with van der Waals surface area (Å²) in [5.74, 6) is 0.844. The Hall–Kier alpha value is -2.04. The van der Waals surface area contributed by atoms with E-state index in [0.29, 0.717) is 22.9 Å². The number of rotatable bonds is 2. The summed E-state index contributed by atoms with van der Waals surface area (Å²) in [6.45, 7) is 1.79. The first-order valence-electron chi connectivity index (χ1n) is 4.78. The molecule has 0 radical (unpaired) electrons. The Morgan fingerprint density at radius 2 is 2.19 bits per heavy atom. The van der Waals surface area contributed by atoms with E-state index >= 15 is 0 Å². The maximum absolute atomic E-state index is 13.5. The lowest BCUT2D eigenvalue weighted by Crippen LogP contribution is -1.91. The summed E-state index contributed by atoms with van der Waals surface area (Å²) in [6.07, 6.45) is 0. The Bertz CT molecular complexity index is 522. The summed E-state index contributed by atoms with van der Waals surface area (Å²) in [4.78, 5) is 7.01. The van der Waals surface area contributed by atoms with Crippen molar-refractivity contribution < 1.29 is 9.13 Å². The summed E-state index contributed by atoms with van der Waals surface area (Å²) in [5, 5.41) is 0. The van der Waals surface area contributed by atoms with E-state index in [4.69, 9.17) is 10.5 Å². The number of aromatic amines is 1. The molecular formula is C11H12FN3O. The van der Waals surface area contributed by atoms with E-state index in [9.17, 15) is 4.39 Å². The largest absolute Gasteiger partial charge is 0.494 e. The molecule has 3 N–H and O–H groups in total. The van der Waals surface area contributed by atoms with Crippen LogP contribution in [-0.4, -0.2) is 17.1 Å². The van der Waals surface area contributed by atoms with Crippen LogP contribution >= 0.6 is 0 Å². The molecule has 0 saturated carbocycles. The van der Waals surface area contributed by atoms with Gasteiger partial charge in [-0.3, -0.25) is 0 Å². The summed E-state index contributed by atoms with van der Waals surface area (Å²) in [5.41, 5.74) is 6.97. The van der Waals surface area contributed by atoms with Crippen LogP contribution in [0.15, 0.2) is 18.2 Å². The summed E-state index contributed by atoms with van der Waals surface area (Å²) in [6, 6.07) is 4.65. The first-order valence-corrected chi connectivity index (χ1v) is 4.78. The van der Waals surface area contributed by atoms with Gasteiger partial charge in [-0.15, -0.1) is 0 Å². The van der Waals surface area contributed by atoms with Gasteiger partial charge in [0.2, 0.25) is 0 Å². The maximum atomic E-state index is 13.5. The van der Waals surface area contributed by atoms with Crippen molar-refractivity contribution in [2.24, 2.45) is 0 Å². The van der Waals surface area contributed by atoms with Crippen molar-refractivity contribution in [3.8, 4) is 17.0 Å². The molecule has 0 amide bonds. The topological polar surface area (TPSA) is 63.9 Å². The number of nitrogens with zero attached hydrogens (tertiary/aromatic N) is 1. The van der Waals surface area contributed by atoms with Gasteiger partial charge in [0.25, 0.3) is 0 Å². The molecule has 2 aromatic rings. The number of imidazole rings is 1. The average molecular weight is 221 g/mol. The molecule has 0 bridgehead atoms. The molecule has 0 aliphatic heterocycles. The predicted molar refractivity (Wildman–Crippen MR) is 59.7 cm³/mol. The summed E-state index contributed by atoms with van der Waals surface area (Å²) in [7, 11) is 1.42. The smallest absolute Gasteiger partial charge is 0.165 e. The minimum Gasteiger partial charge on any atom is -0.494 e. The Morgan fingerprint density at radius 1 is 1.44 bits per heavy atom. The summed E-state index contributed by atoms with van der Waals surface area (Å²) < 4.78 is 18.3. The molecule has 0 aliphatic rings. The third kappa shape index (κ3) is 1.71. The van der Waals surface area contributed by atoms with Crippen LogP contribution < -0.4 is 10.5 Å². The molecule has 0 unspecified atom stereocenters. The van der Waals surface area contributed by atoms with Gasteiger partial charge in [-0.05, 0) is 25.1 Å². The molecule has 2 rings (SSSR count). The zero-order valence-corrected chi connectivity index (χ0v) is 9.04. The van der Waals surface area contributed by atoms with E-state index in [-0.39, 0.29) is 5.75 Å². The van der Waals surface area contributed by atoms with Crippen LogP contribution in [0.2, 0.25) is 0 Å². The van der Waals surface area contributed by atoms with Crippen LogP contribution in [0.1, 0.15) is 5.82 Å². The summed E-state index contributed by atoms with van der Waals surface area (Å²) >= 11 is 0. The van der Waals surface area contributed by atoms with Gasteiger partial charge in [-0.1, -0.05) is 0 Å². The number of hydrogen-bond donors (Lipinski definition) is 2. The Morgan fingerprint density at radius 3 is 2.69 bits per heavy atom. The van der Waals surface area contributed by atoms with Gasteiger partial charge in [0.05, 0.1) is 12.8 Å². The lowest BCUT2D eigenvalue weighted by Gasteiger charge is -2.04.